The number of hydrogen-bond donors (Lipinski definition) is 1. The number of aliphatic carboxylic acids is 1. The van der Waals surface area contributed by atoms with Gasteiger partial charge in [0.05, 0.1) is 22.4 Å². The van der Waals surface area contributed by atoms with E-state index in [1.165, 1.54) is 4.90 Å². The highest BCUT2D eigenvalue weighted by Gasteiger charge is 2.32. The Morgan fingerprint density at radius 2 is 1.94 bits per heavy atom. The number of carboxylic acid groups (broad SMARTS) is 1. The zero-order valence-electron chi connectivity index (χ0n) is 18.1. The molecule has 8 nitrogen and oxygen atoms in total. The smallest absolute Gasteiger partial charge is 0.305 e. The van der Waals surface area contributed by atoms with E-state index in [1.807, 2.05) is 20.8 Å². The molecule has 1 aromatic rings. The van der Waals surface area contributed by atoms with E-state index in [0.29, 0.717) is 50.5 Å². The molecule has 0 spiro atoms. The van der Waals surface area contributed by atoms with Gasteiger partial charge in [-0.3, -0.25) is 19.3 Å². The number of likely N-dealkylation sites (N-methyl/N-ethyl adjacent to an activating group) is 1. The van der Waals surface area contributed by atoms with E-state index in [-0.39, 0.29) is 31.4 Å². The summed E-state index contributed by atoms with van der Waals surface area (Å²) in [6.45, 7) is 7.13. The minimum absolute atomic E-state index is 0.0264. The van der Waals surface area contributed by atoms with Crippen LogP contribution >= 0.6 is 39.9 Å². The molecule has 0 aromatic heterocycles. The quantitative estimate of drug-likeness (QED) is 0.332. The topological polar surface area (TPSA) is 96.4 Å². The van der Waals surface area contributed by atoms with Crippen molar-refractivity contribution in [3.63, 3.8) is 0 Å². The van der Waals surface area contributed by atoms with Crippen LogP contribution in [0.2, 0.25) is 0 Å². The highest BCUT2D eigenvalue weighted by atomic mass is 79.9. The van der Waals surface area contributed by atoms with Gasteiger partial charge in [0.25, 0.3) is 11.8 Å². The van der Waals surface area contributed by atoms with Gasteiger partial charge in [0.2, 0.25) is 0 Å². The molecule has 0 aliphatic carbocycles. The summed E-state index contributed by atoms with van der Waals surface area (Å²) in [5, 5.41) is 8.86. The molecule has 174 valence electrons. The van der Waals surface area contributed by atoms with Crippen LogP contribution in [0.15, 0.2) is 21.5 Å². The van der Waals surface area contributed by atoms with Crippen LogP contribution in [-0.4, -0.2) is 69.9 Å². The first-order chi connectivity index (χ1) is 15.2. The summed E-state index contributed by atoms with van der Waals surface area (Å²) in [5.74, 6) is -0.623. The number of carboxylic acids is 1. The van der Waals surface area contributed by atoms with Crippen molar-refractivity contribution in [2.24, 2.45) is 0 Å². The molecule has 1 N–H and O–H groups in total. The summed E-state index contributed by atoms with van der Waals surface area (Å²) < 4.78 is 12.4. The number of benzene rings is 1. The van der Waals surface area contributed by atoms with Crippen molar-refractivity contribution in [3.05, 3.63) is 27.1 Å². The lowest BCUT2D eigenvalue weighted by molar-refractivity contribution is -0.137. The molecule has 1 aliphatic heterocycles. The van der Waals surface area contributed by atoms with Crippen LogP contribution in [0.3, 0.4) is 0 Å². The molecular formula is C21H25BrN2O6S2. The number of carbonyl (C=O) groups is 3. The molecule has 1 aromatic carbocycles. The van der Waals surface area contributed by atoms with E-state index < -0.39 is 5.97 Å². The summed E-state index contributed by atoms with van der Waals surface area (Å²) in [6, 6.07) is 3.47. The summed E-state index contributed by atoms with van der Waals surface area (Å²) in [6.07, 6.45) is 1.48. The maximum Gasteiger partial charge on any atom is 0.305 e. The second-order valence-electron chi connectivity index (χ2n) is 6.59. The molecular weight excluding hydrogens is 520 g/mol. The fourth-order valence-corrected chi connectivity index (χ4v) is 4.81. The van der Waals surface area contributed by atoms with Gasteiger partial charge >= 0.3 is 5.97 Å². The molecule has 0 radical (unpaired) electrons. The molecule has 2 amide bonds. The Hall–Kier alpha value is -2.11. The van der Waals surface area contributed by atoms with Crippen molar-refractivity contribution >= 4 is 68.1 Å². The number of halogens is 1. The number of thiocarbonyl (C=S) groups is 1. The maximum absolute atomic E-state index is 12.6. The Balaban J connectivity index is 2.25. The third kappa shape index (κ3) is 6.69. The van der Waals surface area contributed by atoms with Crippen LogP contribution in [0.4, 0.5) is 0 Å². The van der Waals surface area contributed by atoms with Crippen LogP contribution in [-0.2, 0) is 14.4 Å². The molecule has 0 atom stereocenters. The lowest BCUT2D eigenvalue weighted by Gasteiger charge is -2.20. The average Bonchev–Trinajstić information content (AvgIpc) is 2.99. The van der Waals surface area contributed by atoms with Crippen molar-refractivity contribution < 1.29 is 29.0 Å². The molecule has 1 saturated heterocycles. The van der Waals surface area contributed by atoms with Gasteiger partial charge < -0.3 is 19.5 Å². The number of carbonyl (C=O) groups excluding carboxylic acids is 2. The Kier molecular flexibility index (Phi) is 9.98. The Morgan fingerprint density at radius 3 is 2.53 bits per heavy atom. The number of amides is 2. The molecule has 0 unspecified atom stereocenters. The minimum atomic E-state index is -0.997. The van der Waals surface area contributed by atoms with E-state index in [9.17, 15) is 14.4 Å². The van der Waals surface area contributed by atoms with E-state index in [2.05, 4.69) is 15.9 Å². The average molecular weight is 545 g/mol. The minimum Gasteiger partial charge on any atom is -0.490 e. The third-order valence-corrected chi connectivity index (χ3v) is 6.48. The first kappa shape index (κ1) is 26.1. The molecule has 1 heterocycles. The maximum atomic E-state index is 12.6. The predicted octanol–water partition coefficient (Wildman–Crippen LogP) is 3.77. The zero-order valence-corrected chi connectivity index (χ0v) is 21.3. The van der Waals surface area contributed by atoms with Crippen molar-refractivity contribution in [1.82, 2.24) is 9.80 Å². The Labute approximate surface area is 205 Å². The van der Waals surface area contributed by atoms with Crippen LogP contribution in [0.25, 0.3) is 6.08 Å². The van der Waals surface area contributed by atoms with Gasteiger partial charge in [-0.25, -0.2) is 0 Å². The predicted molar refractivity (Wildman–Crippen MR) is 131 cm³/mol. The zero-order chi connectivity index (χ0) is 23.8. The van der Waals surface area contributed by atoms with E-state index in [0.717, 1.165) is 11.8 Å². The van der Waals surface area contributed by atoms with Gasteiger partial charge in [0.15, 0.2) is 18.1 Å². The number of thioether (sulfide) groups is 1. The second-order valence-corrected chi connectivity index (χ2v) is 9.12. The number of rotatable bonds is 11. The van der Waals surface area contributed by atoms with Gasteiger partial charge in [-0.15, -0.1) is 0 Å². The van der Waals surface area contributed by atoms with Crippen molar-refractivity contribution in [2.45, 2.75) is 27.2 Å². The highest BCUT2D eigenvalue weighted by Crippen LogP contribution is 2.39. The lowest BCUT2D eigenvalue weighted by Crippen LogP contribution is -2.34. The van der Waals surface area contributed by atoms with Crippen LogP contribution in [0.5, 0.6) is 11.5 Å². The number of hydrogen-bond acceptors (Lipinski definition) is 7. The van der Waals surface area contributed by atoms with Gasteiger partial charge in [-0.2, -0.15) is 0 Å². The number of nitrogens with zero attached hydrogens (tertiary/aromatic N) is 2. The van der Waals surface area contributed by atoms with E-state index in [4.69, 9.17) is 26.8 Å². The fraction of sp³-hybridized carbons (Fsp3) is 0.429. The Morgan fingerprint density at radius 1 is 1.25 bits per heavy atom. The molecule has 2 rings (SSSR count). The summed E-state index contributed by atoms with van der Waals surface area (Å²) in [4.78, 5) is 39.1. The summed E-state index contributed by atoms with van der Waals surface area (Å²) >= 11 is 9.81. The van der Waals surface area contributed by atoms with E-state index >= 15 is 0 Å². The highest BCUT2D eigenvalue weighted by molar-refractivity contribution is 9.10. The SMILES string of the molecule is CCOc1cc(/C=C2/SC(=S)N(CCC(=O)O)C2=O)cc(Br)c1OCC(=O)N(CC)CC. The largest absolute Gasteiger partial charge is 0.490 e. The van der Waals surface area contributed by atoms with Gasteiger partial charge in [0, 0.05) is 19.6 Å². The summed E-state index contributed by atoms with van der Waals surface area (Å²) in [7, 11) is 0. The van der Waals surface area contributed by atoms with Crippen molar-refractivity contribution in [3.8, 4) is 11.5 Å². The van der Waals surface area contributed by atoms with Crippen molar-refractivity contribution in [1.29, 1.82) is 0 Å². The normalized spacial score (nSPS) is 14.8. The molecule has 0 bridgehead atoms. The fourth-order valence-electron chi connectivity index (χ4n) is 2.93. The molecule has 0 saturated carbocycles. The lowest BCUT2D eigenvalue weighted by atomic mass is 10.1. The second kappa shape index (κ2) is 12.2. The molecule has 32 heavy (non-hydrogen) atoms. The van der Waals surface area contributed by atoms with Gasteiger partial charge in [0.1, 0.15) is 4.32 Å². The van der Waals surface area contributed by atoms with Gasteiger partial charge in [-0.1, -0.05) is 24.0 Å². The summed E-state index contributed by atoms with van der Waals surface area (Å²) in [5.41, 5.74) is 0.668. The van der Waals surface area contributed by atoms with Crippen LogP contribution < -0.4 is 9.47 Å². The van der Waals surface area contributed by atoms with Gasteiger partial charge in [-0.05, 0) is 60.5 Å². The molecule has 11 heteroatoms. The standard InChI is InChI=1S/C21H25BrN2O6S2/c1-4-23(5-2)17(25)12-30-19-14(22)9-13(10-15(19)29-6-3)11-16-20(28)24(21(31)32-16)8-7-18(26)27/h9-11H,4-8,12H2,1-3H3,(H,26,27)/b16-11+. The van der Waals surface area contributed by atoms with E-state index in [1.54, 1.807) is 23.1 Å². The third-order valence-electron chi connectivity index (χ3n) is 4.51. The first-order valence-electron chi connectivity index (χ1n) is 10.1. The molecule has 1 aliphatic rings. The van der Waals surface area contributed by atoms with Crippen molar-refractivity contribution in [2.75, 3.05) is 32.8 Å². The molecule has 1 fully saturated rings. The first-order valence-corrected chi connectivity index (χ1v) is 12.1. The van der Waals surface area contributed by atoms with Crippen LogP contribution in [0.1, 0.15) is 32.8 Å². The Bertz CT molecular complexity index is 933. The monoisotopic (exact) mass is 544 g/mol. The number of ether oxygens (including phenoxy) is 2. The van der Waals surface area contributed by atoms with Crippen LogP contribution in [0, 0.1) is 0 Å².